The van der Waals surface area contributed by atoms with Gasteiger partial charge in [-0.05, 0) is 44.1 Å². The van der Waals surface area contributed by atoms with Crippen LogP contribution in [0.3, 0.4) is 0 Å². The van der Waals surface area contributed by atoms with Crippen LogP contribution >= 0.6 is 15.9 Å². The van der Waals surface area contributed by atoms with E-state index in [-0.39, 0.29) is 5.69 Å². The number of imidazole rings is 1. The Morgan fingerprint density at radius 1 is 1.22 bits per heavy atom. The molecule has 1 aliphatic rings. The summed E-state index contributed by atoms with van der Waals surface area (Å²) in [6.07, 6.45) is 2.57. The SMILES string of the molecule is O=c1[nH]c2ccc(Br)cc2n1CCN1CCCC1. The molecule has 1 aromatic carbocycles. The molecule has 0 amide bonds. The van der Waals surface area contributed by atoms with E-state index in [2.05, 4.69) is 25.8 Å². The first-order chi connectivity index (χ1) is 8.74. The van der Waals surface area contributed by atoms with Gasteiger partial charge in [-0.1, -0.05) is 15.9 Å². The van der Waals surface area contributed by atoms with Gasteiger partial charge in [-0.2, -0.15) is 0 Å². The second-order valence-corrected chi connectivity index (χ2v) is 5.71. The smallest absolute Gasteiger partial charge is 0.306 e. The molecule has 1 N–H and O–H groups in total. The Morgan fingerprint density at radius 2 is 2.00 bits per heavy atom. The van der Waals surface area contributed by atoms with Crippen molar-refractivity contribution < 1.29 is 0 Å². The Bertz CT molecular complexity index is 610. The molecule has 0 spiro atoms. The van der Waals surface area contributed by atoms with Gasteiger partial charge in [0.2, 0.25) is 0 Å². The maximum Gasteiger partial charge on any atom is 0.326 e. The van der Waals surface area contributed by atoms with Crippen LogP contribution in [-0.4, -0.2) is 34.1 Å². The number of benzene rings is 1. The number of H-pyrrole nitrogens is 1. The Balaban J connectivity index is 1.87. The highest BCUT2D eigenvalue weighted by Gasteiger charge is 2.13. The Kier molecular flexibility index (Phi) is 3.26. The number of rotatable bonds is 3. The molecule has 2 aromatic rings. The standard InChI is InChI=1S/C13H16BrN3O/c14-10-3-4-11-12(9-10)17(13(18)15-11)8-7-16-5-1-2-6-16/h3-4,9H,1-2,5-8H2,(H,15,18). The van der Waals surface area contributed by atoms with Gasteiger partial charge in [0.05, 0.1) is 11.0 Å². The number of aromatic nitrogens is 2. The van der Waals surface area contributed by atoms with Crippen molar-refractivity contribution in [1.29, 1.82) is 0 Å². The molecule has 2 heterocycles. The Morgan fingerprint density at radius 3 is 2.78 bits per heavy atom. The third-order valence-corrected chi connectivity index (χ3v) is 4.07. The first-order valence-corrected chi connectivity index (χ1v) is 7.14. The van der Waals surface area contributed by atoms with E-state index in [1.165, 1.54) is 25.9 Å². The van der Waals surface area contributed by atoms with Crippen molar-refractivity contribution in [2.45, 2.75) is 19.4 Å². The van der Waals surface area contributed by atoms with E-state index in [1.807, 2.05) is 22.8 Å². The van der Waals surface area contributed by atoms with Crippen LogP contribution in [0.2, 0.25) is 0 Å². The molecule has 0 bridgehead atoms. The van der Waals surface area contributed by atoms with Crippen molar-refractivity contribution in [1.82, 2.24) is 14.5 Å². The lowest BCUT2D eigenvalue weighted by molar-refractivity contribution is 0.322. The van der Waals surface area contributed by atoms with Crippen LogP contribution in [-0.2, 0) is 6.54 Å². The van der Waals surface area contributed by atoms with Gasteiger partial charge in [0.1, 0.15) is 0 Å². The van der Waals surface area contributed by atoms with E-state index >= 15 is 0 Å². The summed E-state index contributed by atoms with van der Waals surface area (Å²) in [7, 11) is 0. The number of nitrogens with one attached hydrogen (secondary N) is 1. The van der Waals surface area contributed by atoms with Gasteiger partial charge in [-0.15, -0.1) is 0 Å². The highest BCUT2D eigenvalue weighted by atomic mass is 79.9. The van der Waals surface area contributed by atoms with Crippen LogP contribution in [0.4, 0.5) is 0 Å². The third-order valence-electron chi connectivity index (χ3n) is 3.58. The summed E-state index contributed by atoms with van der Waals surface area (Å²) in [4.78, 5) is 17.2. The summed E-state index contributed by atoms with van der Waals surface area (Å²) < 4.78 is 2.84. The molecule has 0 unspecified atom stereocenters. The number of likely N-dealkylation sites (tertiary alicyclic amines) is 1. The van der Waals surface area contributed by atoms with Gasteiger partial charge in [-0.3, -0.25) is 4.57 Å². The molecular weight excluding hydrogens is 294 g/mol. The largest absolute Gasteiger partial charge is 0.326 e. The maximum absolute atomic E-state index is 11.9. The predicted molar refractivity (Wildman–Crippen MR) is 75.9 cm³/mol. The molecule has 0 atom stereocenters. The molecule has 1 fully saturated rings. The Labute approximate surface area is 114 Å². The molecule has 1 aromatic heterocycles. The first-order valence-electron chi connectivity index (χ1n) is 6.34. The van der Waals surface area contributed by atoms with Crippen LogP contribution in [0.15, 0.2) is 27.5 Å². The average Bonchev–Trinajstić information content (AvgIpc) is 2.94. The topological polar surface area (TPSA) is 41.0 Å². The van der Waals surface area contributed by atoms with Gasteiger partial charge < -0.3 is 9.88 Å². The second-order valence-electron chi connectivity index (χ2n) is 4.79. The van der Waals surface area contributed by atoms with Crippen LogP contribution in [0.5, 0.6) is 0 Å². The second kappa shape index (κ2) is 4.90. The maximum atomic E-state index is 11.9. The number of aromatic amines is 1. The van der Waals surface area contributed by atoms with Crippen molar-refractivity contribution >= 4 is 27.0 Å². The molecule has 4 nitrogen and oxygen atoms in total. The van der Waals surface area contributed by atoms with E-state index in [4.69, 9.17) is 0 Å². The minimum atomic E-state index is -0.0118. The molecule has 3 rings (SSSR count). The van der Waals surface area contributed by atoms with Crippen LogP contribution < -0.4 is 5.69 Å². The quantitative estimate of drug-likeness (QED) is 0.944. The lowest BCUT2D eigenvalue weighted by Gasteiger charge is -2.14. The summed E-state index contributed by atoms with van der Waals surface area (Å²) in [6, 6.07) is 5.88. The molecule has 96 valence electrons. The van der Waals surface area contributed by atoms with E-state index < -0.39 is 0 Å². The van der Waals surface area contributed by atoms with Crippen LogP contribution in [0.1, 0.15) is 12.8 Å². The van der Waals surface area contributed by atoms with Gasteiger partial charge in [0.25, 0.3) is 0 Å². The zero-order valence-electron chi connectivity index (χ0n) is 10.2. The summed E-state index contributed by atoms with van der Waals surface area (Å²) in [5.74, 6) is 0. The highest BCUT2D eigenvalue weighted by molar-refractivity contribution is 9.10. The number of halogens is 1. The van der Waals surface area contributed by atoms with E-state index in [0.717, 1.165) is 28.6 Å². The lowest BCUT2D eigenvalue weighted by Crippen LogP contribution is -2.28. The van der Waals surface area contributed by atoms with Gasteiger partial charge in [-0.25, -0.2) is 4.79 Å². The number of hydrogen-bond donors (Lipinski definition) is 1. The molecule has 0 radical (unpaired) electrons. The summed E-state index contributed by atoms with van der Waals surface area (Å²) in [6.45, 7) is 4.05. The molecule has 0 aliphatic carbocycles. The molecule has 0 saturated carbocycles. The van der Waals surface area contributed by atoms with Gasteiger partial charge in [0.15, 0.2) is 0 Å². The zero-order chi connectivity index (χ0) is 12.5. The number of nitrogens with zero attached hydrogens (tertiary/aromatic N) is 2. The summed E-state index contributed by atoms with van der Waals surface area (Å²) in [5, 5.41) is 0. The molecule has 1 saturated heterocycles. The fourth-order valence-electron chi connectivity index (χ4n) is 2.60. The fourth-order valence-corrected chi connectivity index (χ4v) is 2.94. The number of fused-ring (bicyclic) bond motifs is 1. The normalized spacial score (nSPS) is 16.7. The van der Waals surface area contributed by atoms with Crippen molar-refractivity contribution in [2.75, 3.05) is 19.6 Å². The first kappa shape index (κ1) is 12.0. The minimum absolute atomic E-state index is 0.0118. The van der Waals surface area contributed by atoms with Crippen molar-refractivity contribution in [3.05, 3.63) is 33.2 Å². The Hall–Kier alpha value is -1.07. The third kappa shape index (κ3) is 2.24. The van der Waals surface area contributed by atoms with Crippen molar-refractivity contribution in [3.63, 3.8) is 0 Å². The van der Waals surface area contributed by atoms with Gasteiger partial charge >= 0.3 is 5.69 Å². The number of hydrogen-bond acceptors (Lipinski definition) is 2. The molecule has 5 heteroatoms. The summed E-state index contributed by atoms with van der Waals surface area (Å²) in [5.41, 5.74) is 1.88. The predicted octanol–water partition coefficient (Wildman–Crippen LogP) is 2.19. The monoisotopic (exact) mass is 309 g/mol. The fraction of sp³-hybridized carbons (Fsp3) is 0.462. The summed E-state index contributed by atoms with van der Waals surface area (Å²) >= 11 is 3.45. The average molecular weight is 310 g/mol. The van der Waals surface area contributed by atoms with Crippen LogP contribution in [0, 0.1) is 0 Å². The van der Waals surface area contributed by atoms with Crippen molar-refractivity contribution in [3.8, 4) is 0 Å². The van der Waals surface area contributed by atoms with Crippen LogP contribution in [0.25, 0.3) is 11.0 Å². The van der Waals surface area contributed by atoms with E-state index in [0.29, 0.717) is 0 Å². The van der Waals surface area contributed by atoms with Gasteiger partial charge in [0, 0.05) is 17.6 Å². The molecular formula is C13H16BrN3O. The minimum Gasteiger partial charge on any atom is -0.306 e. The van der Waals surface area contributed by atoms with E-state index in [1.54, 1.807) is 0 Å². The molecule has 18 heavy (non-hydrogen) atoms. The van der Waals surface area contributed by atoms with Crippen molar-refractivity contribution in [2.24, 2.45) is 0 Å². The zero-order valence-corrected chi connectivity index (χ0v) is 11.7. The highest BCUT2D eigenvalue weighted by Crippen LogP contribution is 2.17. The molecule has 1 aliphatic heterocycles. The lowest BCUT2D eigenvalue weighted by atomic mass is 10.3. The van der Waals surface area contributed by atoms with E-state index in [9.17, 15) is 4.79 Å².